The molecule has 102 valence electrons. The molecule has 1 fully saturated rings. The van der Waals surface area contributed by atoms with Gasteiger partial charge in [0, 0.05) is 18.9 Å². The van der Waals surface area contributed by atoms with Gasteiger partial charge in [0.15, 0.2) is 5.82 Å². The van der Waals surface area contributed by atoms with Gasteiger partial charge in [0.25, 0.3) is 0 Å². The first-order chi connectivity index (χ1) is 8.90. The molecule has 0 radical (unpaired) electrons. The van der Waals surface area contributed by atoms with Gasteiger partial charge < -0.3 is 15.0 Å². The molecule has 1 saturated heterocycles. The summed E-state index contributed by atoms with van der Waals surface area (Å²) in [6.45, 7) is 2.38. The minimum Gasteiger partial charge on any atom is -0.381 e. The number of unbranched alkanes of at least 4 members (excludes halogenated alkanes) is 3. The van der Waals surface area contributed by atoms with Crippen LogP contribution in [0.25, 0.3) is 0 Å². The number of nitrogens with zero attached hydrogens (tertiary/aromatic N) is 2. The average molecular weight is 253 g/mol. The minimum absolute atomic E-state index is 0.327. The van der Waals surface area contributed by atoms with Crippen molar-refractivity contribution >= 4 is 0 Å². The summed E-state index contributed by atoms with van der Waals surface area (Å²) in [4.78, 5) is 4.47. The summed E-state index contributed by atoms with van der Waals surface area (Å²) in [5.41, 5.74) is 5.46. The second-order valence-electron chi connectivity index (χ2n) is 4.91. The Bertz CT molecular complexity index is 335. The third kappa shape index (κ3) is 4.07. The molecule has 18 heavy (non-hydrogen) atoms. The molecule has 1 aliphatic rings. The second kappa shape index (κ2) is 7.48. The first kappa shape index (κ1) is 13.5. The number of rotatable bonds is 7. The van der Waals surface area contributed by atoms with Crippen molar-refractivity contribution in [2.75, 3.05) is 19.8 Å². The summed E-state index contributed by atoms with van der Waals surface area (Å²) >= 11 is 0. The molecule has 0 amide bonds. The Morgan fingerprint density at radius 2 is 2.11 bits per heavy atom. The fourth-order valence-electron chi connectivity index (χ4n) is 2.25. The van der Waals surface area contributed by atoms with Crippen molar-refractivity contribution in [1.29, 1.82) is 0 Å². The molecule has 2 heterocycles. The zero-order chi connectivity index (χ0) is 12.6. The Hall–Kier alpha value is -0.940. The van der Waals surface area contributed by atoms with Gasteiger partial charge in [-0.15, -0.1) is 0 Å². The summed E-state index contributed by atoms with van der Waals surface area (Å²) in [7, 11) is 0. The fraction of sp³-hybridized carbons (Fsp3) is 0.846. The van der Waals surface area contributed by atoms with E-state index in [2.05, 4.69) is 10.1 Å². The number of aryl methyl sites for hydroxylation is 1. The number of aromatic nitrogens is 2. The van der Waals surface area contributed by atoms with Crippen LogP contribution in [-0.2, 0) is 11.2 Å². The van der Waals surface area contributed by atoms with E-state index in [4.69, 9.17) is 15.0 Å². The molecule has 0 aromatic carbocycles. The molecule has 5 heteroatoms. The van der Waals surface area contributed by atoms with Crippen LogP contribution in [-0.4, -0.2) is 29.9 Å². The molecule has 1 aromatic rings. The average Bonchev–Trinajstić information content (AvgIpc) is 2.88. The van der Waals surface area contributed by atoms with Gasteiger partial charge in [-0.1, -0.05) is 18.0 Å². The van der Waals surface area contributed by atoms with E-state index >= 15 is 0 Å². The maximum Gasteiger partial charge on any atom is 0.226 e. The van der Waals surface area contributed by atoms with E-state index in [1.165, 1.54) is 12.8 Å². The summed E-state index contributed by atoms with van der Waals surface area (Å²) in [5, 5.41) is 4.07. The summed E-state index contributed by atoms with van der Waals surface area (Å²) in [6.07, 6.45) is 7.65. The third-order valence-corrected chi connectivity index (χ3v) is 3.35. The Kier molecular flexibility index (Phi) is 5.61. The third-order valence-electron chi connectivity index (χ3n) is 3.35. The number of hydrogen-bond donors (Lipinski definition) is 1. The van der Waals surface area contributed by atoms with Crippen LogP contribution in [0.1, 0.15) is 56.2 Å². The van der Waals surface area contributed by atoms with Crippen LogP contribution in [0.2, 0.25) is 0 Å². The summed E-state index contributed by atoms with van der Waals surface area (Å²) in [5.74, 6) is 1.92. The molecule has 2 rings (SSSR count). The quantitative estimate of drug-likeness (QED) is 0.752. The van der Waals surface area contributed by atoms with Gasteiger partial charge in [0.2, 0.25) is 5.89 Å². The molecule has 0 saturated carbocycles. The lowest BCUT2D eigenvalue weighted by Crippen LogP contribution is -2.16. The Morgan fingerprint density at radius 1 is 1.22 bits per heavy atom. The predicted molar refractivity (Wildman–Crippen MR) is 68.3 cm³/mol. The molecular formula is C13H23N3O2. The Balaban J connectivity index is 1.72. The van der Waals surface area contributed by atoms with E-state index in [1.54, 1.807) is 0 Å². The van der Waals surface area contributed by atoms with Crippen LogP contribution in [0, 0.1) is 0 Å². The zero-order valence-corrected chi connectivity index (χ0v) is 10.9. The van der Waals surface area contributed by atoms with Gasteiger partial charge in [-0.2, -0.15) is 4.98 Å². The van der Waals surface area contributed by atoms with Crippen LogP contribution in [0.5, 0.6) is 0 Å². The van der Waals surface area contributed by atoms with Crippen molar-refractivity contribution in [1.82, 2.24) is 10.1 Å². The lowest BCUT2D eigenvalue weighted by molar-refractivity contribution is 0.0773. The van der Waals surface area contributed by atoms with Crippen molar-refractivity contribution in [2.45, 2.75) is 50.9 Å². The summed E-state index contributed by atoms with van der Waals surface area (Å²) < 4.78 is 10.7. The highest BCUT2D eigenvalue weighted by molar-refractivity contribution is 4.96. The molecule has 2 N–H and O–H groups in total. The Labute approximate surface area is 108 Å². The summed E-state index contributed by atoms with van der Waals surface area (Å²) in [6, 6.07) is 0. The SMILES string of the molecule is NCCCCCCc1nc(C2CCCOC2)no1. The smallest absolute Gasteiger partial charge is 0.226 e. The number of ether oxygens (including phenoxy) is 1. The maximum absolute atomic E-state index is 5.46. The first-order valence-corrected chi connectivity index (χ1v) is 7.00. The highest BCUT2D eigenvalue weighted by atomic mass is 16.5. The van der Waals surface area contributed by atoms with Crippen LogP contribution >= 0.6 is 0 Å². The number of hydrogen-bond acceptors (Lipinski definition) is 5. The normalized spacial score (nSPS) is 20.2. The van der Waals surface area contributed by atoms with Crippen LogP contribution in [0.15, 0.2) is 4.52 Å². The van der Waals surface area contributed by atoms with Crippen LogP contribution in [0.3, 0.4) is 0 Å². The monoisotopic (exact) mass is 253 g/mol. The molecule has 1 aromatic heterocycles. The van der Waals surface area contributed by atoms with E-state index in [0.29, 0.717) is 5.92 Å². The highest BCUT2D eigenvalue weighted by Crippen LogP contribution is 2.23. The van der Waals surface area contributed by atoms with Crippen molar-refractivity contribution in [2.24, 2.45) is 5.73 Å². The largest absolute Gasteiger partial charge is 0.381 e. The zero-order valence-electron chi connectivity index (χ0n) is 10.9. The lowest BCUT2D eigenvalue weighted by Gasteiger charge is -2.18. The predicted octanol–water partition coefficient (Wildman–Crippen LogP) is 2.03. The van der Waals surface area contributed by atoms with E-state index in [9.17, 15) is 0 Å². The minimum atomic E-state index is 0.327. The van der Waals surface area contributed by atoms with E-state index in [0.717, 1.165) is 63.6 Å². The van der Waals surface area contributed by atoms with Crippen molar-refractivity contribution in [3.05, 3.63) is 11.7 Å². The van der Waals surface area contributed by atoms with E-state index in [-0.39, 0.29) is 0 Å². The van der Waals surface area contributed by atoms with Gasteiger partial charge in [0.05, 0.1) is 6.61 Å². The highest BCUT2D eigenvalue weighted by Gasteiger charge is 2.21. The topological polar surface area (TPSA) is 74.2 Å². The van der Waals surface area contributed by atoms with Crippen LogP contribution < -0.4 is 5.73 Å². The second-order valence-corrected chi connectivity index (χ2v) is 4.91. The van der Waals surface area contributed by atoms with Gasteiger partial charge in [-0.25, -0.2) is 0 Å². The van der Waals surface area contributed by atoms with Crippen LogP contribution in [0.4, 0.5) is 0 Å². The molecule has 1 aliphatic heterocycles. The molecular weight excluding hydrogens is 230 g/mol. The van der Waals surface area contributed by atoms with Crippen molar-refractivity contribution in [3.63, 3.8) is 0 Å². The van der Waals surface area contributed by atoms with Gasteiger partial charge in [-0.05, 0) is 32.2 Å². The molecule has 0 aliphatic carbocycles. The lowest BCUT2D eigenvalue weighted by atomic mass is 10.0. The van der Waals surface area contributed by atoms with Crippen molar-refractivity contribution < 1.29 is 9.26 Å². The van der Waals surface area contributed by atoms with Gasteiger partial charge in [0.1, 0.15) is 0 Å². The van der Waals surface area contributed by atoms with E-state index in [1.807, 2.05) is 0 Å². The van der Waals surface area contributed by atoms with Crippen molar-refractivity contribution in [3.8, 4) is 0 Å². The molecule has 5 nitrogen and oxygen atoms in total. The molecule has 0 spiro atoms. The van der Waals surface area contributed by atoms with Gasteiger partial charge in [-0.3, -0.25) is 0 Å². The number of nitrogens with two attached hydrogens (primary N) is 1. The molecule has 0 bridgehead atoms. The molecule has 1 unspecified atom stereocenters. The Morgan fingerprint density at radius 3 is 2.89 bits per heavy atom. The first-order valence-electron chi connectivity index (χ1n) is 7.00. The molecule has 1 atom stereocenters. The maximum atomic E-state index is 5.46. The van der Waals surface area contributed by atoms with Gasteiger partial charge >= 0.3 is 0 Å². The van der Waals surface area contributed by atoms with E-state index < -0.39 is 0 Å². The standard InChI is InChI=1S/C13H23N3O2/c14-8-4-2-1-3-7-12-15-13(16-18-12)11-6-5-9-17-10-11/h11H,1-10,14H2. The fourth-order valence-corrected chi connectivity index (χ4v) is 2.25.